The fourth-order valence-corrected chi connectivity index (χ4v) is 3.52. The molecule has 6 heteroatoms. The fourth-order valence-electron chi connectivity index (χ4n) is 3.52. The fraction of sp³-hybridized carbons (Fsp3) is 0.480. The summed E-state index contributed by atoms with van der Waals surface area (Å²) in [6.07, 6.45) is 3.00. The second-order valence-corrected chi connectivity index (χ2v) is 8.04. The van der Waals surface area contributed by atoms with Gasteiger partial charge in [-0.05, 0) is 62.4 Å². The van der Waals surface area contributed by atoms with Crippen LogP contribution in [0, 0.1) is 12.8 Å². The normalized spacial score (nSPS) is 16.3. The van der Waals surface area contributed by atoms with Crippen LogP contribution < -0.4 is 15.4 Å². The summed E-state index contributed by atoms with van der Waals surface area (Å²) in [6.45, 7) is 8.66. The molecule has 2 aromatic rings. The Kier molecular flexibility index (Phi) is 9.03. The average molecular weight is 426 g/mol. The number of aryl methyl sites for hydroxylation is 2. The molecule has 0 radical (unpaired) electrons. The third-order valence-corrected chi connectivity index (χ3v) is 5.34. The number of aliphatic imine (C=N–C) groups is 1. The molecular formula is C25H35N3O3. The molecule has 1 aliphatic heterocycles. The van der Waals surface area contributed by atoms with Crippen molar-refractivity contribution < 1.29 is 14.6 Å². The van der Waals surface area contributed by atoms with Crippen molar-refractivity contribution in [2.24, 2.45) is 10.9 Å². The quantitative estimate of drug-likeness (QED) is 0.307. The second-order valence-electron chi connectivity index (χ2n) is 8.04. The molecule has 0 aromatic heterocycles. The van der Waals surface area contributed by atoms with Crippen LogP contribution in [0.3, 0.4) is 0 Å². The Balaban J connectivity index is 1.53. The molecule has 31 heavy (non-hydrogen) atoms. The van der Waals surface area contributed by atoms with Crippen molar-refractivity contribution in [2.75, 3.05) is 32.9 Å². The van der Waals surface area contributed by atoms with Crippen LogP contribution in [0.4, 0.5) is 0 Å². The zero-order chi connectivity index (χ0) is 21.9. The molecule has 1 saturated heterocycles. The Morgan fingerprint density at radius 3 is 2.77 bits per heavy atom. The Morgan fingerprint density at radius 2 is 2.03 bits per heavy atom. The summed E-state index contributed by atoms with van der Waals surface area (Å²) in [5.74, 6) is 2.51. The maximum absolute atomic E-state index is 9.39. The SMILES string of the molecule is CCNC(=NCc1ccc(C)cc1OCC1CCOC1)NCCCc1ccc(O)cc1. The van der Waals surface area contributed by atoms with E-state index in [2.05, 4.69) is 42.7 Å². The zero-order valence-electron chi connectivity index (χ0n) is 18.7. The van der Waals surface area contributed by atoms with Crippen LogP contribution in [0.5, 0.6) is 11.5 Å². The summed E-state index contributed by atoms with van der Waals surface area (Å²) in [7, 11) is 0. The van der Waals surface area contributed by atoms with Crippen molar-refractivity contribution in [2.45, 2.75) is 39.7 Å². The van der Waals surface area contributed by atoms with Crippen molar-refractivity contribution in [1.29, 1.82) is 0 Å². The van der Waals surface area contributed by atoms with Gasteiger partial charge in [0.05, 0.1) is 19.8 Å². The molecule has 2 aromatic carbocycles. The van der Waals surface area contributed by atoms with Gasteiger partial charge in [-0.15, -0.1) is 0 Å². The molecule has 1 atom stereocenters. The number of rotatable bonds is 10. The number of benzene rings is 2. The second kappa shape index (κ2) is 12.2. The van der Waals surface area contributed by atoms with E-state index >= 15 is 0 Å². The summed E-state index contributed by atoms with van der Waals surface area (Å²) < 4.78 is 11.6. The van der Waals surface area contributed by atoms with Gasteiger partial charge in [0.25, 0.3) is 0 Å². The molecule has 168 valence electrons. The minimum absolute atomic E-state index is 0.305. The van der Waals surface area contributed by atoms with Gasteiger partial charge in [-0.2, -0.15) is 0 Å². The maximum Gasteiger partial charge on any atom is 0.191 e. The number of hydrogen-bond donors (Lipinski definition) is 3. The van der Waals surface area contributed by atoms with Crippen molar-refractivity contribution >= 4 is 5.96 Å². The molecule has 1 fully saturated rings. The summed E-state index contributed by atoms with van der Waals surface area (Å²) >= 11 is 0. The van der Waals surface area contributed by atoms with E-state index in [1.807, 2.05) is 12.1 Å². The first-order valence-electron chi connectivity index (χ1n) is 11.2. The van der Waals surface area contributed by atoms with Crippen LogP contribution in [-0.2, 0) is 17.7 Å². The first-order valence-corrected chi connectivity index (χ1v) is 11.2. The molecule has 0 amide bonds. The average Bonchev–Trinajstić information content (AvgIpc) is 3.29. The van der Waals surface area contributed by atoms with Crippen LogP contribution >= 0.6 is 0 Å². The number of nitrogens with zero attached hydrogens (tertiary/aromatic N) is 1. The molecule has 1 heterocycles. The largest absolute Gasteiger partial charge is 0.508 e. The van der Waals surface area contributed by atoms with Gasteiger partial charge in [0.2, 0.25) is 0 Å². The highest BCUT2D eigenvalue weighted by molar-refractivity contribution is 5.79. The number of guanidine groups is 1. The van der Waals surface area contributed by atoms with Crippen molar-refractivity contribution in [1.82, 2.24) is 10.6 Å². The molecule has 0 bridgehead atoms. The summed E-state index contributed by atoms with van der Waals surface area (Å²) in [4.78, 5) is 4.77. The minimum atomic E-state index is 0.305. The van der Waals surface area contributed by atoms with Gasteiger partial charge in [0, 0.05) is 31.2 Å². The van der Waals surface area contributed by atoms with E-state index in [0.29, 0.717) is 24.8 Å². The predicted octanol–water partition coefficient (Wildman–Crippen LogP) is 3.80. The molecule has 3 N–H and O–H groups in total. The lowest BCUT2D eigenvalue weighted by atomic mass is 10.1. The van der Waals surface area contributed by atoms with Gasteiger partial charge >= 0.3 is 0 Å². The van der Waals surface area contributed by atoms with Gasteiger partial charge in [0.15, 0.2) is 5.96 Å². The number of aromatic hydroxyl groups is 1. The monoisotopic (exact) mass is 425 g/mol. The number of phenolic OH excluding ortho intramolecular Hbond substituents is 1. The molecule has 1 aliphatic rings. The standard InChI is InChI=1S/C25H35N3O3/c1-3-26-25(27-13-4-5-20-7-10-23(29)11-8-20)28-16-22-9-6-19(2)15-24(22)31-18-21-12-14-30-17-21/h6-11,15,21,29H,3-5,12-14,16-18H2,1-2H3,(H2,26,27,28). The summed E-state index contributed by atoms with van der Waals surface area (Å²) in [5.41, 5.74) is 3.49. The Hall–Kier alpha value is -2.73. The lowest BCUT2D eigenvalue weighted by Crippen LogP contribution is -2.37. The topological polar surface area (TPSA) is 75.1 Å². The molecule has 1 unspecified atom stereocenters. The predicted molar refractivity (Wildman–Crippen MR) is 125 cm³/mol. The molecular weight excluding hydrogens is 390 g/mol. The summed E-state index contributed by atoms with van der Waals surface area (Å²) in [5, 5.41) is 16.1. The molecule has 0 saturated carbocycles. The van der Waals surface area contributed by atoms with E-state index < -0.39 is 0 Å². The smallest absolute Gasteiger partial charge is 0.191 e. The van der Waals surface area contributed by atoms with Crippen LogP contribution in [0.25, 0.3) is 0 Å². The maximum atomic E-state index is 9.39. The van der Waals surface area contributed by atoms with E-state index in [4.69, 9.17) is 14.5 Å². The lowest BCUT2D eigenvalue weighted by molar-refractivity contribution is 0.166. The van der Waals surface area contributed by atoms with Crippen molar-refractivity contribution in [3.8, 4) is 11.5 Å². The van der Waals surface area contributed by atoms with Gasteiger partial charge < -0.3 is 25.2 Å². The zero-order valence-corrected chi connectivity index (χ0v) is 18.7. The Labute approximate surface area is 185 Å². The van der Waals surface area contributed by atoms with Crippen LogP contribution in [0.2, 0.25) is 0 Å². The van der Waals surface area contributed by atoms with Gasteiger partial charge in [0.1, 0.15) is 11.5 Å². The van der Waals surface area contributed by atoms with Gasteiger partial charge in [-0.3, -0.25) is 0 Å². The highest BCUT2D eigenvalue weighted by Crippen LogP contribution is 2.23. The van der Waals surface area contributed by atoms with Crippen molar-refractivity contribution in [3.63, 3.8) is 0 Å². The number of nitrogens with one attached hydrogen (secondary N) is 2. The third-order valence-electron chi connectivity index (χ3n) is 5.34. The third kappa shape index (κ3) is 7.79. The van der Waals surface area contributed by atoms with E-state index in [-0.39, 0.29) is 0 Å². The van der Waals surface area contributed by atoms with Crippen molar-refractivity contribution in [3.05, 3.63) is 59.2 Å². The van der Waals surface area contributed by atoms with E-state index in [0.717, 1.165) is 62.8 Å². The molecule has 0 aliphatic carbocycles. The van der Waals surface area contributed by atoms with E-state index in [1.165, 1.54) is 11.1 Å². The van der Waals surface area contributed by atoms with Gasteiger partial charge in [-0.25, -0.2) is 4.99 Å². The first kappa shape index (κ1) is 22.9. The molecule has 0 spiro atoms. The molecule has 3 rings (SSSR count). The van der Waals surface area contributed by atoms with E-state index in [9.17, 15) is 5.11 Å². The number of phenols is 1. The minimum Gasteiger partial charge on any atom is -0.508 e. The highest BCUT2D eigenvalue weighted by Gasteiger charge is 2.17. The van der Waals surface area contributed by atoms with Gasteiger partial charge in [-0.1, -0.05) is 24.3 Å². The Bertz CT molecular complexity index is 830. The first-order chi connectivity index (χ1) is 15.1. The highest BCUT2D eigenvalue weighted by atomic mass is 16.5. The van der Waals surface area contributed by atoms with Crippen LogP contribution in [0.1, 0.15) is 36.5 Å². The Morgan fingerprint density at radius 1 is 1.19 bits per heavy atom. The molecule has 6 nitrogen and oxygen atoms in total. The summed E-state index contributed by atoms with van der Waals surface area (Å²) in [6, 6.07) is 13.7. The number of ether oxygens (including phenoxy) is 2. The number of hydrogen-bond acceptors (Lipinski definition) is 4. The van der Waals surface area contributed by atoms with E-state index in [1.54, 1.807) is 12.1 Å². The van der Waals surface area contributed by atoms with Crippen LogP contribution in [-0.4, -0.2) is 44.0 Å². The lowest BCUT2D eigenvalue weighted by Gasteiger charge is -2.15. The van der Waals surface area contributed by atoms with Crippen LogP contribution in [0.15, 0.2) is 47.5 Å².